The zero-order chi connectivity index (χ0) is 32.4. The maximum atomic E-state index is 13.2. The maximum absolute atomic E-state index is 13.2. The van der Waals surface area contributed by atoms with Crippen molar-refractivity contribution < 1.29 is 14.3 Å². The summed E-state index contributed by atoms with van der Waals surface area (Å²) in [5.41, 5.74) is 4.89. The highest BCUT2D eigenvalue weighted by molar-refractivity contribution is 6.04. The first-order chi connectivity index (χ1) is 22.1. The monoisotopic (exact) mass is 614 g/mol. The average Bonchev–Trinajstić information content (AvgIpc) is 3.29. The number of fused-ring (bicyclic) bond motifs is 2. The number of carbonyl (C=O) groups is 2. The van der Waals surface area contributed by atoms with E-state index in [1.165, 1.54) is 4.68 Å². The number of allylic oxidation sites excluding steroid dienone is 3. The summed E-state index contributed by atoms with van der Waals surface area (Å²) >= 11 is 0. The van der Waals surface area contributed by atoms with E-state index in [4.69, 9.17) is 14.7 Å². The van der Waals surface area contributed by atoms with Crippen LogP contribution < -0.4 is 10.6 Å². The Morgan fingerprint density at radius 3 is 2.67 bits per heavy atom. The minimum atomic E-state index is -0.631. The molecule has 234 valence electrons. The van der Waals surface area contributed by atoms with E-state index in [-0.39, 0.29) is 5.91 Å². The summed E-state index contributed by atoms with van der Waals surface area (Å²) in [5, 5.41) is 12.5. The molecule has 0 bridgehead atoms. The minimum absolute atomic E-state index is 0.0928. The zero-order valence-corrected chi connectivity index (χ0v) is 26.8. The zero-order valence-electron chi connectivity index (χ0n) is 26.8. The molecule has 1 unspecified atom stereocenters. The molecule has 1 atom stereocenters. The SMILES string of the molecule is CCC1CC=CC=C(C(=O)Nc2cccc(-c3nc(Nc4ccc5c(cnn5C(=O)OC(C)(C)C)c4)c4cc(C)ccc4n3)c2)C1. The van der Waals surface area contributed by atoms with Crippen molar-refractivity contribution in [3.63, 3.8) is 0 Å². The Kier molecular flexibility index (Phi) is 8.41. The number of nitrogens with one attached hydrogen (secondary N) is 2. The van der Waals surface area contributed by atoms with E-state index in [1.54, 1.807) is 6.20 Å². The quantitative estimate of drug-likeness (QED) is 0.197. The van der Waals surface area contributed by atoms with Gasteiger partial charge in [-0.15, -0.1) is 0 Å². The van der Waals surface area contributed by atoms with Gasteiger partial charge in [0, 0.05) is 33.3 Å². The second-order valence-electron chi connectivity index (χ2n) is 12.7. The molecule has 46 heavy (non-hydrogen) atoms. The minimum Gasteiger partial charge on any atom is -0.442 e. The van der Waals surface area contributed by atoms with E-state index in [0.717, 1.165) is 57.9 Å². The molecule has 1 amide bonds. The number of aromatic nitrogens is 4. The topological polar surface area (TPSA) is 111 Å². The number of nitrogens with zero attached hydrogens (tertiary/aromatic N) is 4. The van der Waals surface area contributed by atoms with Gasteiger partial charge in [0.05, 0.1) is 17.2 Å². The Morgan fingerprint density at radius 2 is 1.87 bits per heavy atom. The summed E-state index contributed by atoms with van der Waals surface area (Å²) in [7, 11) is 0. The summed E-state index contributed by atoms with van der Waals surface area (Å²) < 4.78 is 6.77. The van der Waals surface area contributed by atoms with E-state index in [0.29, 0.717) is 28.8 Å². The highest BCUT2D eigenvalue weighted by Gasteiger charge is 2.21. The summed E-state index contributed by atoms with van der Waals surface area (Å²) in [6.45, 7) is 9.66. The Labute approximate surface area is 268 Å². The average molecular weight is 615 g/mol. The van der Waals surface area contributed by atoms with E-state index >= 15 is 0 Å². The first-order valence-electron chi connectivity index (χ1n) is 15.6. The van der Waals surface area contributed by atoms with E-state index in [9.17, 15) is 9.59 Å². The standard InChI is InChI=1S/C37H38N6O3/c1-6-24-10-7-8-11-26(19-24)35(44)40-28-13-9-12-25(20-28)33-41-31-16-14-23(2)18-30(31)34(42-33)39-29-15-17-32-27(21-29)22-38-43(32)36(45)46-37(3,4)5/h7-9,11-18,20-22,24H,6,10,19H2,1-5H3,(H,40,44)(H,39,41,42). The Hall–Kier alpha value is -5.31. The van der Waals surface area contributed by atoms with Gasteiger partial charge in [-0.3, -0.25) is 4.79 Å². The van der Waals surface area contributed by atoms with Crippen LogP contribution in [-0.4, -0.2) is 37.3 Å². The van der Waals surface area contributed by atoms with Crippen LogP contribution in [0.3, 0.4) is 0 Å². The van der Waals surface area contributed by atoms with Crippen LogP contribution in [0.25, 0.3) is 33.2 Å². The molecule has 0 saturated carbocycles. The molecule has 1 aliphatic carbocycles. The molecule has 9 heteroatoms. The molecule has 0 spiro atoms. The molecule has 0 radical (unpaired) electrons. The third kappa shape index (κ3) is 6.83. The van der Waals surface area contributed by atoms with Crippen molar-refractivity contribution >= 4 is 51.0 Å². The molecule has 2 aromatic heterocycles. The van der Waals surface area contributed by atoms with Gasteiger partial charge in [0.1, 0.15) is 11.4 Å². The van der Waals surface area contributed by atoms with Crippen LogP contribution in [0.5, 0.6) is 0 Å². The number of amides is 1. The first kappa shape index (κ1) is 30.7. The van der Waals surface area contributed by atoms with E-state index in [2.05, 4.69) is 34.8 Å². The first-order valence-corrected chi connectivity index (χ1v) is 15.6. The second-order valence-corrected chi connectivity index (χ2v) is 12.7. The lowest BCUT2D eigenvalue weighted by Crippen LogP contribution is -2.27. The molecule has 2 N–H and O–H groups in total. The summed E-state index contributed by atoms with van der Waals surface area (Å²) in [4.78, 5) is 35.7. The van der Waals surface area contributed by atoms with Crippen molar-refractivity contribution in [3.8, 4) is 11.4 Å². The van der Waals surface area contributed by atoms with Gasteiger partial charge < -0.3 is 15.4 Å². The van der Waals surface area contributed by atoms with Gasteiger partial charge >= 0.3 is 6.09 Å². The van der Waals surface area contributed by atoms with Crippen LogP contribution in [-0.2, 0) is 9.53 Å². The molecule has 0 fully saturated rings. The number of hydrogen-bond acceptors (Lipinski definition) is 7. The molecular weight excluding hydrogens is 576 g/mol. The van der Waals surface area contributed by atoms with Gasteiger partial charge in [0.2, 0.25) is 0 Å². The van der Waals surface area contributed by atoms with Crippen LogP contribution in [0.15, 0.2) is 90.7 Å². The van der Waals surface area contributed by atoms with Gasteiger partial charge in [0.25, 0.3) is 5.91 Å². The number of aryl methyl sites for hydroxylation is 1. The van der Waals surface area contributed by atoms with Gasteiger partial charge in [-0.1, -0.05) is 55.3 Å². The predicted molar refractivity (Wildman–Crippen MR) is 183 cm³/mol. The smallest absolute Gasteiger partial charge is 0.435 e. The summed E-state index contributed by atoms with van der Waals surface area (Å²) in [5.74, 6) is 1.53. The fourth-order valence-corrected chi connectivity index (χ4v) is 5.51. The van der Waals surface area contributed by atoms with Crippen LogP contribution >= 0.6 is 0 Å². The largest absolute Gasteiger partial charge is 0.442 e. The van der Waals surface area contributed by atoms with Crippen molar-refractivity contribution in [2.75, 3.05) is 10.6 Å². The van der Waals surface area contributed by atoms with Gasteiger partial charge in [-0.25, -0.2) is 14.8 Å². The molecule has 0 aliphatic heterocycles. The van der Waals surface area contributed by atoms with E-state index in [1.807, 2.05) is 94.4 Å². The highest BCUT2D eigenvalue weighted by atomic mass is 16.6. The molecule has 3 aromatic carbocycles. The molecule has 6 rings (SSSR count). The highest BCUT2D eigenvalue weighted by Crippen LogP contribution is 2.31. The van der Waals surface area contributed by atoms with Crippen molar-refractivity contribution in [2.24, 2.45) is 5.92 Å². The number of anilines is 3. The second kappa shape index (κ2) is 12.6. The summed E-state index contributed by atoms with van der Waals surface area (Å²) in [6, 6.07) is 19.3. The molecule has 9 nitrogen and oxygen atoms in total. The maximum Gasteiger partial charge on any atom is 0.435 e. The molecule has 1 aliphatic rings. The van der Waals surface area contributed by atoms with Gasteiger partial charge in [0.15, 0.2) is 5.82 Å². The van der Waals surface area contributed by atoms with Crippen molar-refractivity contribution in [3.05, 3.63) is 96.2 Å². The molecule has 2 heterocycles. The number of benzene rings is 3. The summed E-state index contributed by atoms with van der Waals surface area (Å²) in [6.07, 6.45) is 9.91. The molecule has 0 saturated heterocycles. The van der Waals surface area contributed by atoms with Crippen molar-refractivity contribution in [1.82, 2.24) is 19.7 Å². The van der Waals surface area contributed by atoms with Crippen LogP contribution in [0, 0.1) is 12.8 Å². The third-order valence-electron chi connectivity index (χ3n) is 7.91. The fourth-order valence-electron chi connectivity index (χ4n) is 5.51. The lowest BCUT2D eigenvalue weighted by Gasteiger charge is -2.19. The number of hydrogen-bond donors (Lipinski definition) is 2. The third-order valence-corrected chi connectivity index (χ3v) is 7.91. The van der Waals surface area contributed by atoms with Crippen molar-refractivity contribution in [1.29, 1.82) is 0 Å². The van der Waals surface area contributed by atoms with Crippen LogP contribution in [0.4, 0.5) is 22.0 Å². The molecule has 5 aromatic rings. The fraction of sp³-hybridized carbons (Fsp3) is 0.270. The number of carbonyl (C=O) groups excluding carboxylic acids is 2. The lowest BCUT2D eigenvalue weighted by molar-refractivity contribution is -0.113. The van der Waals surface area contributed by atoms with Gasteiger partial charge in [-0.05, 0) is 88.9 Å². The van der Waals surface area contributed by atoms with Crippen molar-refractivity contribution in [2.45, 2.75) is 59.5 Å². The van der Waals surface area contributed by atoms with Crippen LogP contribution in [0.1, 0.15) is 52.5 Å². The molecular formula is C37H38N6O3. The van der Waals surface area contributed by atoms with Crippen LogP contribution in [0.2, 0.25) is 0 Å². The number of rotatable bonds is 6. The number of ether oxygens (including phenoxy) is 1. The Morgan fingerprint density at radius 1 is 1.02 bits per heavy atom. The Bertz CT molecular complexity index is 2020. The van der Waals surface area contributed by atoms with Gasteiger partial charge in [-0.2, -0.15) is 9.78 Å². The normalized spacial score (nSPS) is 15.0. The lowest BCUT2D eigenvalue weighted by atomic mass is 9.95. The Balaban J connectivity index is 1.30. The predicted octanol–water partition coefficient (Wildman–Crippen LogP) is 8.72. The van der Waals surface area contributed by atoms with E-state index < -0.39 is 11.7 Å².